The average Bonchev–Trinajstić information content (AvgIpc) is 3.37. The number of rotatable bonds is 2. The summed E-state index contributed by atoms with van der Waals surface area (Å²) in [5.41, 5.74) is 3.07. The average molecular weight is 554 g/mol. The van der Waals surface area contributed by atoms with Gasteiger partial charge in [0.15, 0.2) is 0 Å². The zero-order valence-electron chi connectivity index (χ0n) is 26.4. The third-order valence-corrected chi connectivity index (χ3v) is 14.7. The minimum Gasteiger partial charge on any atom is -0.480 e. The van der Waals surface area contributed by atoms with E-state index in [4.69, 9.17) is 0 Å². The number of carbonyl (C=O) groups is 2. The second kappa shape index (κ2) is 8.83. The highest BCUT2D eigenvalue weighted by atomic mass is 16.4. The first-order chi connectivity index (χ1) is 18.5. The molecular formula is C35H55NO4. The third kappa shape index (κ3) is 3.60. The number of hydrogen-bond acceptors (Lipinski definition) is 3. The lowest BCUT2D eigenvalue weighted by atomic mass is 9.34. The van der Waals surface area contributed by atoms with Crippen LogP contribution < -0.4 is 0 Å². The highest BCUT2D eigenvalue weighted by Gasteiger charge is 2.68. The largest absolute Gasteiger partial charge is 0.480 e. The Morgan fingerprint density at radius 3 is 2.20 bits per heavy atom. The Balaban J connectivity index is 1.44. The fourth-order valence-electron chi connectivity index (χ4n) is 12.1. The number of nitrogens with zero attached hydrogens (tertiary/aromatic N) is 1. The zero-order valence-corrected chi connectivity index (χ0v) is 26.4. The van der Waals surface area contributed by atoms with Crippen molar-refractivity contribution in [1.82, 2.24) is 4.90 Å². The Morgan fingerprint density at radius 2 is 1.50 bits per heavy atom. The van der Waals surface area contributed by atoms with E-state index >= 15 is 0 Å². The van der Waals surface area contributed by atoms with Gasteiger partial charge in [-0.2, -0.15) is 0 Å². The lowest BCUT2D eigenvalue weighted by Crippen LogP contribution is -2.64. The molecule has 0 spiro atoms. The Hall–Kier alpha value is -1.36. The van der Waals surface area contributed by atoms with E-state index in [1.807, 2.05) is 0 Å². The summed E-state index contributed by atoms with van der Waals surface area (Å²) in [5, 5.41) is 21.0. The van der Waals surface area contributed by atoms with Crippen LogP contribution in [-0.2, 0) is 9.59 Å². The maximum absolute atomic E-state index is 14.6. The van der Waals surface area contributed by atoms with Gasteiger partial charge in [0.2, 0.25) is 5.91 Å². The smallest absolute Gasteiger partial charge is 0.326 e. The molecule has 0 aromatic carbocycles. The van der Waals surface area contributed by atoms with E-state index in [1.165, 1.54) is 24.8 Å². The summed E-state index contributed by atoms with van der Waals surface area (Å²) in [6, 6.07) is -0.662. The number of fused-ring (bicyclic) bond motifs is 6. The molecule has 0 aromatic heterocycles. The number of carboxylic acid groups (broad SMARTS) is 1. The van der Waals surface area contributed by atoms with Crippen LogP contribution >= 0.6 is 0 Å². The van der Waals surface area contributed by atoms with Crippen LogP contribution in [-0.4, -0.2) is 45.7 Å². The molecule has 5 heteroatoms. The molecule has 0 radical (unpaired) electrons. The monoisotopic (exact) mass is 553 g/mol. The molecular weight excluding hydrogens is 498 g/mol. The summed E-state index contributed by atoms with van der Waals surface area (Å²) in [6.07, 6.45) is 12.6. The van der Waals surface area contributed by atoms with Gasteiger partial charge in [-0.05, 0) is 122 Å². The van der Waals surface area contributed by atoms with Crippen molar-refractivity contribution in [1.29, 1.82) is 0 Å². The van der Waals surface area contributed by atoms with Crippen molar-refractivity contribution in [2.24, 2.45) is 44.3 Å². The van der Waals surface area contributed by atoms with Gasteiger partial charge in [-0.3, -0.25) is 4.79 Å². The van der Waals surface area contributed by atoms with Gasteiger partial charge in [0.25, 0.3) is 0 Å². The molecule has 1 saturated heterocycles. The van der Waals surface area contributed by atoms with Crippen LogP contribution in [0.25, 0.3) is 0 Å². The molecule has 0 bridgehead atoms. The second-order valence-corrected chi connectivity index (χ2v) is 17.2. The van der Waals surface area contributed by atoms with Crippen LogP contribution in [0, 0.1) is 44.3 Å². The van der Waals surface area contributed by atoms with Crippen LogP contribution in [0.2, 0.25) is 0 Å². The molecule has 5 aliphatic carbocycles. The van der Waals surface area contributed by atoms with Gasteiger partial charge in [0.1, 0.15) is 6.04 Å². The summed E-state index contributed by atoms with van der Waals surface area (Å²) >= 11 is 0. The Kier molecular flexibility index (Phi) is 6.35. The molecule has 1 heterocycles. The standard InChI is InChI=1S/C35H55NO4/c1-30(2)16-18-35(29(40)36-20-8-9-24(36)28(38)39)19-17-33(6)22(23(35)21-30)10-11-26-32(5)14-13-27(37)31(3,4)25(32)12-15-34(26,33)7/h24-27,37H,8-21H2,1-7H3,(H,38,39)/t24-,25-,26+,27-,32-,33+,34+,35-/m0/s1. The summed E-state index contributed by atoms with van der Waals surface area (Å²) in [6.45, 7) is 17.7. The summed E-state index contributed by atoms with van der Waals surface area (Å²) in [7, 11) is 0. The number of carboxylic acids is 1. The van der Waals surface area contributed by atoms with Crippen molar-refractivity contribution in [2.75, 3.05) is 6.54 Å². The molecule has 40 heavy (non-hydrogen) atoms. The van der Waals surface area contributed by atoms with Gasteiger partial charge >= 0.3 is 5.97 Å². The summed E-state index contributed by atoms with van der Waals surface area (Å²) < 4.78 is 0. The van der Waals surface area contributed by atoms with E-state index < -0.39 is 17.4 Å². The fraction of sp³-hybridized carbons (Fsp3) is 0.886. The Labute approximate surface area is 242 Å². The first-order valence-corrected chi connectivity index (χ1v) is 16.5. The fourth-order valence-corrected chi connectivity index (χ4v) is 12.1. The van der Waals surface area contributed by atoms with Crippen molar-refractivity contribution < 1.29 is 19.8 Å². The molecule has 224 valence electrons. The third-order valence-electron chi connectivity index (χ3n) is 14.7. The number of aliphatic hydroxyl groups is 1. The van der Waals surface area contributed by atoms with Crippen LogP contribution in [0.15, 0.2) is 11.1 Å². The number of likely N-dealkylation sites (tertiary alicyclic amines) is 1. The van der Waals surface area contributed by atoms with Crippen molar-refractivity contribution in [3.8, 4) is 0 Å². The van der Waals surface area contributed by atoms with Crippen molar-refractivity contribution in [3.05, 3.63) is 11.1 Å². The molecule has 1 aliphatic heterocycles. The van der Waals surface area contributed by atoms with E-state index in [0.29, 0.717) is 24.8 Å². The van der Waals surface area contributed by atoms with Gasteiger partial charge in [-0.15, -0.1) is 0 Å². The van der Waals surface area contributed by atoms with Crippen molar-refractivity contribution in [2.45, 2.75) is 144 Å². The highest BCUT2D eigenvalue weighted by molar-refractivity contribution is 5.91. The van der Waals surface area contributed by atoms with Gasteiger partial charge in [0, 0.05) is 6.54 Å². The van der Waals surface area contributed by atoms with Crippen LogP contribution in [0.1, 0.15) is 132 Å². The molecule has 5 fully saturated rings. The van der Waals surface area contributed by atoms with Crippen molar-refractivity contribution >= 4 is 11.9 Å². The van der Waals surface area contributed by atoms with Crippen LogP contribution in [0.4, 0.5) is 0 Å². The maximum Gasteiger partial charge on any atom is 0.326 e. The van der Waals surface area contributed by atoms with Crippen molar-refractivity contribution in [3.63, 3.8) is 0 Å². The highest BCUT2D eigenvalue weighted by Crippen LogP contribution is 2.75. The first-order valence-electron chi connectivity index (χ1n) is 16.5. The maximum atomic E-state index is 14.6. The van der Waals surface area contributed by atoms with Gasteiger partial charge < -0.3 is 15.1 Å². The van der Waals surface area contributed by atoms with E-state index in [9.17, 15) is 19.8 Å². The molecule has 4 saturated carbocycles. The molecule has 5 nitrogen and oxygen atoms in total. The van der Waals surface area contributed by atoms with Crippen LogP contribution in [0.3, 0.4) is 0 Å². The summed E-state index contributed by atoms with van der Waals surface area (Å²) in [5.74, 6) is 0.450. The molecule has 2 N–H and O–H groups in total. The van der Waals surface area contributed by atoms with Gasteiger partial charge in [-0.25, -0.2) is 4.79 Å². The predicted octanol–water partition coefficient (Wildman–Crippen LogP) is 7.37. The summed E-state index contributed by atoms with van der Waals surface area (Å²) in [4.78, 5) is 28.5. The molecule has 6 rings (SSSR count). The topological polar surface area (TPSA) is 77.8 Å². The lowest BCUT2D eigenvalue weighted by molar-refractivity contribution is -0.205. The minimum absolute atomic E-state index is 0.0497. The normalized spacial score (nSPS) is 47.5. The molecule has 8 atom stereocenters. The Bertz CT molecular complexity index is 1140. The number of carbonyl (C=O) groups excluding carboxylic acids is 1. The molecule has 0 unspecified atom stereocenters. The van der Waals surface area contributed by atoms with Gasteiger partial charge in [0.05, 0.1) is 11.5 Å². The lowest BCUT2D eigenvalue weighted by Gasteiger charge is -2.71. The number of aliphatic carboxylic acids is 1. The molecule has 6 aliphatic rings. The minimum atomic E-state index is -0.841. The van der Waals surface area contributed by atoms with E-state index in [-0.39, 0.29) is 39.1 Å². The van der Waals surface area contributed by atoms with E-state index in [2.05, 4.69) is 48.5 Å². The quantitative estimate of drug-likeness (QED) is 0.350. The molecule has 0 aromatic rings. The number of amides is 1. The SMILES string of the molecule is CC1(C)CC[C@]2(C(=O)N3CCC[C@H]3C(=O)O)CC[C@]3(C)C(=C2C1)CC[C@@H]1[C@@]2(C)CC[C@H](O)C(C)(C)[C@@H]2CC[C@]13C. The predicted molar refractivity (Wildman–Crippen MR) is 157 cm³/mol. The van der Waals surface area contributed by atoms with E-state index in [1.54, 1.807) is 10.5 Å². The zero-order chi connectivity index (χ0) is 29.1. The number of aliphatic hydroxyl groups excluding tert-OH is 1. The molecule has 1 amide bonds. The Morgan fingerprint density at radius 1 is 0.800 bits per heavy atom. The first kappa shape index (κ1) is 28.7. The van der Waals surface area contributed by atoms with E-state index in [0.717, 1.165) is 57.8 Å². The number of hydrogen-bond donors (Lipinski definition) is 2. The number of allylic oxidation sites excluding steroid dienone is 1. The van der Waals surface area contributed by atoms with Crippen LogP contribution in [0.5, 0.6) is 0 Å². The second-order valence-electron chi connectivity index (χ2n) is 17.2. The van der Waals surface area contributed by atoms with Gasteiger partial charge in [-0.1, -0.05) is 59.6 Å².